The summed E-state index contributed by atoms with van der Waals surface area (Å²) in [4.78, 5) is 32.2. The summed E-state index contributed by atoms with van der Waals surface area (Å²) in [7, 11) is 0. The molecule has 0 bridgehead atoms. The molecule has 1 aromatic carbocycles. The molecule has 1 aliphatic carbocycles. The second-order valence-electron chi connectivity index (χ2n) is 9.68. The summed E-state index contributed by atoms with van der Waals surface area (Å²) in [5.74, 6) is -0.0688. The van der Waals surface area contributed by atoms with Gasteiger partial charge in [-0.3, -0.25) is 14.6 Å². The molecule has 6 nitrogen and oxygen atoms in total. The van der Waals surface area contributed by atoms with Gasteiger partial charge in [-0.15, -0.1) is 0 Å². The van der Waals surface area contributed by atoms with Crippen LogP contribution in [-0.4, -0.2) is 53.0 Å². The summed E-state index contributed by atoms with van der Waals surface area (Å²) in [6.07, 6.45) is 5.96. The van der Waals surface area contributed by atoms with E-state index in [1.165, 1.54) is 0 Å². The van der Waals surface area contributed by atoms with Crippen molar-refractivity contribution < 1.29 is 14.3 Å². The lowest BCUT2D eigenvalue weighted by Gasteiger charge is -2.43. The molecule has 2 fully saturated rings. The highest BCUT2D eigenvalue weighted by Gasteiger charge is 2.47. The van der Waals surface area contributed by atoms with E-state index in [1.807, 2.05) is 51.1 Å². The first-order valence-corrected chi connectivity index (χ1v) is 11.0. The third-order valence-corrected chi connectivity index (χ3v) is 5.87. The average Bonchev–Trinajstić information content (AvgIpc) is 3.57. The molecule has 164 valence electrons. The summed E-state index contributed by atoms with van der Waals surface area (Å²) in [5, 5.41) is 3.12. The molecule has 0 unspecified atom stereocenters. The molecule has 0 radical (unpaired) electrons. The highest BCUT2D eigenvalue weighted by molar-refractivity contribution is 5.88. The number of rotatable bonds is 5. The van der Waals surface area contributed by atoms with E-state index < -0.39 is 11.0 Å². The van der Waals surface area contributed by atoms with E-state index in [0.717, 1.165) is 29.5 Å². The Labute approximate surface area is 184 Å². The van der Waals surface area contributed by atoms with Crippen molar-refractivity contribution in [3.05, 3.63) is 54.4 Å². The minimum atomic E-state index is -1.08. The van der Waals surface area contributed by atoms with E-state index in [2.05, 4.69) is 16.4 Å². The minimum absolute atomic E-state index is 0.0462. The van der Waals surface area contributed by atoms with Gasteiger partial charge >= 0.3 is 0 Å². The summed E-state index contributed by atoms with van der Waals surface area (Å²) >= 11 is 0. The van der Waals surface area contributed by atoms with Crippen LogP contribution in [-0.2, 0) is 20.7 Å². The molecule has 1 atom stereocenters. The molecule has 1 saturated heterocycles. The molecular formula is C25H31N3O3. The van der Waals surface area contributed by atoms with Crippen molar-refractivity contribution in [3.63, 3.8) is 0 Å². The van der Waals surface area contributed by atoms with Crippen molar-refractivity contribution >= 4 is 11.8 Å². The predicted molar refractivity (Wildman–Crippen MR) is 119 cm³/mol. The topological polar surface area (TPSA) is 71.5 Å². The van der Waals surface area contributed by atoms with E-state index >= 15 is 0 Å². The number of hydrogen-bond acceptors (Lipinski definition) is 4. The number of amides is 2. The number of ether oxygens (including phenoxy) is 1. The molecule has 2 aromatic rings. The Bertz CT molecular complexity index is 950. The highest BCUT2D eigenvalue weighted by Crippen LogP contribution is 2.30. The molecule has 2 aliphatic rings. The van der Waals surface area contributed by atoms with Crippen molar-refractivity contribution in [2.75, 3.05) is 19.7 Å². The van der Waals surface area contributed by atoms with Crippen LogP contribution in [0.3, 0.4) is 0 Å². The van der Waals surface area contributed by atoms with Crippen LogP contribution in [0, 0.1) is 5.41 Å². The maximum atomic E-state index is 13.4. The van der Waals surface area contributed by atoms with Gasteiger partial charge in [0.1, 0.15) is 0 Å². The first kappa shape index (κ1) is 21.5. The zero-order valence-electron chi connectivity index (χ0n) is 18.6. The van der Waals surface area contributed by atoms with Crippen molar-refractivity contribution in [3.8, 4) is 11.1 Å². The molecule has 1 saturated carbocycles. The van der Waals surface area contributed by atoms with Gasteiger partial charge in [0.15, 0.2) is 5.60 Å². The van der Waals surface area contributed by atoms with Crippen LogP contribution in [0.1, 0.15) is 39.2 Å². The molecule has 0 spiro atoms. The fourth-order valence-corrected chi connectivity index (χ4v) is 4.04. The van der Waals surface area contributed by atoms with Crippen LogP contribution in [0.5, 0.6) is 0 Å². The standard InChI is InChI=1S/C25H31N3O3/c1-24(2,3)23(30)28-13-14-31-25(17-28,22(29)27-21-7-8-21)16-18-5-4-6-20(15-18)19-9-11-26-12-10-19/h4-6,9-12,15,21H,7-8,13-14,16-17H2,1-3H3,(H,27,29)/t25-/m0/s1. The molecule has 2 heterocycles. The third-order valence-electron chi connectivity index (χ3n) is 5.87. The van der Waals surface area contributed by atoms with Gasteiger partial charge in [-0.2, -0.15) is 0 Å². The number of benzene rings is 1. The first-order valence-electron chi connectivity index (χ1n) is 11.0. The van der Waals surface area contributed by atoms with Crippen LogP contribution in [0.4, 0.5) is 0 Å². The Balaban J connectivity index is 1.63. The maximum absolute atomic E-state index is 13.4. The third kappa shape index (κ3) is 4.96. The largest absolute Gasteiger partial charge is 0.361 e. The normalized spacial score (nSPS) is 21.6. The Morgan fingerprint density at radius 3 is 2.58 bits per heavy atom. The Kier molecular flexibility index (Phi) is 5.84. The fraction of sp³-hybridized carbons (Fsp3) is 0.480. The Morgan fingerprint density at radius 2 is 1.90 bits per heavy atom. The zero-order chi connectivity index (χ0) is 22.1. The lowest BCUT2D eigenvalue weighted by atomic mass is 9.88. The van der Waals surface area contributed by atoms with E-state index in [4.69, 9.17) is 4.74 Å². The monoisotopic (exact) mass is 421 g/mol. The summed E-state index contributed by atoms with van der Waals surface area (Å²) in [6.45, 7) is 6.86. The van der Waals surface area contributed by atoms with Gasteiger partial charge in [0.25, 0.3) is 5.91 Å². The molecule has 31 heavy (non-hydrogen) atoms. The molecule has 2 amide bonds. The SMILES string of the molecule is CC(C)(C)C(=O)N1CCO[C@](Cc2cccc(-c3ccncc3)c2)(C(=O)NC2CC2)C1. The van der Waals surface area contributed by atoms with Gasteiger partial charge < -0.3 is 15.0 Å². The quantitative estimate of drug-likeness (QED) is 0.805. The summed E-state index contributed by atoms with van der Waals surface area (Å²) < 4.78 is 6.18. The minimum Gasteiger partial charge on any atom is -0.361 e. The number of carbonyl (C=O) groups is 2. The number of aromatic nitrogens is 1. The number of carbonyl (C=O) groups excluding carboxylic acids is 2. The van der Waals surface area contributed by atoms with Crippen LogP contribution in [0.15, 0.2) is 48.8 Å². The second kappa shape index (κ2) is 8.42. The van der Waals surface area contributed by atoms with Crippen molar-refractivity contribution in [2.24, 2.45) is 5.41 Å². The lowest BCUT2D eigenvalue weighted by molar-refractivity contribution is -0.169. The maximum Gasteiger partial charge on any atom is 0.254 e. The van der Waals surface area contributed by atoms with Crippen molar-refractivity contribution in [2.45, 2.75) is 51.7 Å². The van der Waals surface area contributed by atoms with Crippen molar-refractivity contribution in [1.29, 1.82) is 0 Å². The Morgan fingerprint density at radius 1 is 1.16 bits per heavy atom. The lowest BCUT2D eigenvalue weighted by Crippen LogP contribution is -2.63. The van der Waals surface area contributed by atoms with Crippen molar-refractivity contribution in [1.82, 2.24) is 15.2 Å². The van der Waals surface area contributed by atoms with Crippen LogP contribution < -0.4 is 5.32 Å². The van der Waals surface area contributed by atoms with Gasteiger partial charge in [0.05, 0.1) is 13.2 Å². The fourth-order valence-electron chi connectivity index (χ4n) is 4.04. The highest BCUT2D eigenvalue weighted by atomic mass is 16.5. The van der Waals surface area contributed by atoms with E-state index in [9.17, 15) is 9.59 Å². The van der Waals surface area contributed by atoms with E-state index in [0.29, 0.717) is 19.6 Å². The number of nitrogens with one attached hydrogen (secondary N) is 1. The number of hydrogen-bond donors (Lipinski definition) is 1. The molecule has 4 rings (SSSR count). The van der Waals surface area contributed by atoms with Gasteiger partial charge in [-0.25, -0.2) is 0 Å². The van der Waals surface area contributed by atoms with Crippen LogP contribution >= 0.6 is 0 Å². The van der Waals surface area contributed by atoms with Gasteiger partial charge in [-0.05, 0) is 41.7 Å². The van der Waals surface area contributed by atoms with E-state index in [-0.39, 0.29) is 24.4 Å². The average molecular weight is 422 g/mol. The Hall–Kier alpha value is -2.73. The molecule has 1 aliphatic heterocycles. The van der Waals surface area contributed by atoms with Crippen LogP contribution in [0.2, 0.25) is 0 Å². The summed E-state index contributed by atoms with van der Waals surface area (Å²) in [5.41, 5.74) is 1.56. The predicted octanol–water partition coefficient (Wildman–Crippen LogP) is 3.21. The van der Waals surface area contributed by atoms with Gasteiger partial charge in [0, 0.05) is 36.8 Å². The smallest absolute Gasteiger partial charge is 0.254 e. The number of morpholine rings is 1. The molecular weight excluding hydrogens is 390 g/mol. The zero-order valence-corrected chi connectivity index (χ0v) is 18.6. The summed E-state index contributed by atoms with van der Waals surface area (Å²) in [6, 6.07) is 12.3. The van der Waals surface area contributed by atoms with Gasteiger partial charge in [0.2, 0.25) is 5.91 Å². The first-order chi connectivity index (χ1) is 14.8. The second-order valence-corrected chi connectivity index (χ2v) is 9.68. The van der Waals surface area contributed by atoms with E-state index in [1.54, 1.807) is 17.3 Å². The number of nitrogens with zero attached hydrogens (tertiary/aromatic N) is 2. The molecule has 6 heteroatoms. The number of pyridine rings is 1. The molecule has 1 aromatic heterocycles. The molecule has 1 N–H and O–H groups in total. The van der Waals surface area contributed by atoms with Crippen LogP contribution in [0.25, 0.3) is 11.1 Å². The van der Waals surface area contributed by atoms with Gasteiger partial charge in [-0.1, -0.05) is 45.0 Å².